The van der Waals surface area contributed by atoms with Gasteiger partial charge in [0.05, 0.1) is 12.0 Å². The Balaban J connectivity index is 1.91. The number of carbonyl (C=O) groups excluding carboxylic acids is 1. The number of aliphatic hydroxyl groups is 1. The number of esters is 1. The van der Waals surface area contributed by atoms with E-state index in [1.807, 2.05) is 19.1 Å². The number of nitrogens with one attached hydrogen (secondary N) is 1. The molecule has 0 fully saturated rings. The number of fused-ring (bicyclic) bond motifs is 1. The summed E-state index contributed by atoms with van der Waals surface area (Å²) in [5.41, 5.74) is 5.95. The molecule has 0 amide bonds. The number of benzene rings is 2. The molecule has 2 aromatic heterocycles. The predicted molar refractivity (Wildman–Crippen MR) is 163 cm³/mol. The van der Waals surface area contributed by atoms with E-state index in [-0.39, 0.29) is 43.0 Å². The SMILES string of the molecule is CCCCn1c(=O)n(Cc2cc(N)ccc2F)c(=O)c2c1nc(Cc1ccc(NC(C)O)cc1)n2COC(=O)C(C)(C)C. The van der Waals surface area contributed by atoms with E-state index in [2.05, 4.69) is 5.32 Å². The molecule has 1 atom stereocenters. The molecular weight excluding hydrogens is 555 g/mol. The Morgan fingerprint density at radius 1 is 1.12 bits per heavy atom. The molecule has 4 rings (SSSR count). The quantitative estimate of drug-likeness (QED) is 0.135. The number of imidazole rings is 1. The van der Waals surface area contributed by atoms with E-state index >= 15 is 0 Å². The van der Waals surface area contributed by atoms with Gasteiger partial charge in [-0.15, -0.1) is 0 Å². The Morgan fingerprint density at radius 3 is 2.44 bits per heavy atom. The summed E-state index contributed by atoms with van der Waals surface area (Å²) in [4.78, 5) is 45.2. The maximum absolute atomic E-state index is 14.7. The van der Waals surface area contributed by atoms with Crippen LogP contribution in [0.5, 0.6) is 0 Å². The van der Waals surface area contributed by atoms with E-state index < -0.39 is 34.7 Å². The molecule has 2 aromatic carbocycles. The number of aliphatic hydroxyl groups excluding tert-OH is 1. The van der Waals surface area contributed by atoms with Gasteiger partial charge < -0.3 is 20.9 Å². The molecular formula is C31H39FN6O5. The predicted octanol–water partition coefficient (Wildman–Crippen LogP) is 3.82. The van der Waals surface area contributed by atoms with Crippen molar-refractivity contribution in [2.75, 3.05) is 11.1 Å². The molecule has 0 aliphatic carbocycles. The number of nitrogens with two attached hydrogens (primary N) is 1. The van der Waals surface area contributed by atoms with Crippen LogP contribution in [-0.4, -0.2) is 36.0 Å². The second-order valence-electron chi connectivity index (χ2n) is 11.7. The number of nitrogen functional groups attached to an aromatic ring is 1. The minimum Gasteiger partial charge on any atom is -0.443 e. The largest absolute Gasteiger partial charge is 0.443 e. The van der Waals surface area contributed by atoms with Crippen LogP contribution in [0.2, 0.25) is 0 Å². The van der Waals surface area contributed by atoms with E-state index in [0.717, 1.165) is 22.2 Å². The topological polar surface area (TPSA) is 146 Å². The number of aromatic nitrogens is 4. The van der Waals surface area contributed by atoms with Crippen LogP contribution < -0.4 is 22.3 Å². The van der Waals surface area contributed by atoms with Crippen LogP contribution in [-0.2, 0) is 35.8 Å². The second kappa shape index (κ2) is 12.8. The van der Waals surface area contributed by atoms with Crippen LogP contribution in [0.3, 0.4) is 0 Å². The molecule has 0 aliphatic heterocycles. The van der Waals surface area contributed by atoms with Crippen molar-refractivity contribution in [2.45, 2.75) is 79.9 Å². The molecule has 1 unspecified atom stereocenters. The number of anilines is 2. The van der Waals surface area contributed by atoms with E-state index in [1.54, 1.807) is 39.8 Å². The molecule has 12 heteroatoms. The van der Waals surface area contributed by atoms with E-state index in [1.165, 1.54) is 27.3 Å². The van der Waals surface area contributed by atoms with Crippen molar-refractivity contribution in [3.05, 3.63) is 86.1 Å². The fourth-order valence-corrected chi connectivity index (χ4v) is 4.64. The summed E-state index contributed by atoms with van der Waals surface area (Å²) < 4.78 is 24.2. The van der Waals surface area contributed by atoms with Crippen LogP contribution in [0.25, 0.3) is 11.2 Å². The Hall–Kier alpha value is -4.45. The number of hydrogen-bond donors (Lipinski definition) is 3. The molecule has 0 aliphatic rings. The highest BCUT2D eigenvalue weighted by Gasteiger charge is 2.26. The molecule has 0 spiro atoms. The molecule has 230 valence electrons. The van der Waals surface area contributed by atoms with Gasteiger partial charge >= 0.3 is 11.7 Å². The third kappa shape index (κ3) is 7.14. The first-order valence-corrected chi connectivity index (χ1v) is 14.3. The normalized spacial score (nSPS) is 12.4. The third-order valence-corrected chi connectivity index (χ3v) is 6.96. The fraction of sp³-hybridized carbons (Fsp3) is 0.419. The fourth-order valence-electron chi connectivity index (χ4n) is 4.64. The van der Waals surface area contributed by atoms with Gasteiger partial charge in [0.1, 0.15) is 17.9 Å². The van der Waals surface area contributed by atoms with Crippen molar-refractivity contribution in [3.8, 4) is 0 Å². The van der Waals surface area contributed by atoms with Gasteiger partial charge in [-0.3, -0.25) is 23.3 Å². The van der Waals surface area contributed by atoms with E-state index in [4.69, 9.17) is 15.5 Å². The number of nitrogens with zero attached hydrogens (tertiary/aromatic N) is 4. The molecule has 11 nitrogen and oxygen atoms in total. The molecule has 0 bridgehead atoms. The van der Waals surface area contributed by atoms with Crippen molar-refractivity contribution >= 4 is 28.5 Å². The first-order valence-electron chi connectivity index (χ1n) is 14.3. The molecule has 0 saturated heterocycles. The number of hydrogen-bond acceptors (Lipinski definition) is 8. The number of halogens is 1. The summed E-state index contributed by atoms with van der Waals surface area (Å²) in [6, 6.07) is 11.3. The Bertz CT molecular complexity index is 1730. The van der Waals surface area contributed by atoms with Gasteiger partial charge in [0.2, 0.25) is 0 Å². The monoisotopic (exact) mass is 594 g/mol. The highest BCUT2D eigenvalue weighted by Crippen LogP contribution is 2.21. The number of unbranched alkanes of at least 4 members (excludes halogenated alkanes) is 1. The lowest BCUT2D eigenvalue weighted by molar-refractivity contribution is -0.156. The molecule has 2 heterocycles. The van der Waals surface area contributed by atoms with Crippen LogP contribution >= 0.6 is 0 Å². The number of ether oxygens (including phenoxy) is 1. The molecule has 4 aromatic rings. The summed E-state index contributed by atoms with van der Waals surface area (Å²) in [5, 5.41) is 12.5. The van der Waals surface area contributed by atoms with E-state index in [9.17, 15) is 23.9 Å². The minimum absolute atomic E-state index is 0.0733. The standard InChI is InChI=1S/C31H39FN6O5/c1-6-7-14-36-27-26(28(40)37(30(36)42)17-21-16-22(33)10-13-24(21)32)38(18-43-29(41)31(3,4)5)25(35-27)15-20-8-11-23(12-9-20)34-19(2)39/h8-13,16,19,34,39H,6-7,14-15,17-18,33H2,1-5H3. The maximum atomic E-state index is 14.7. The number of carbonyl (C=O) groups is 1. The molecule has 4 N–H and O–H groups in total. The van der Waals surface area contributed by atoms with Gasteiger partial charge in [0, 0.05) is 29.9 Å². The van der Waals surface area contributed by atoms with Crippen LogP contribution in [0.1, 0.15) is 64.4 Å². The average Bonchev–Trinajstić information content (AvgIpc) is 3.29. The average molecular weight is 595 g/mol. The van der Waals surface area contributed by atoms with Gasteiger partial charge in [-0.2, -0.15) is 0 Å². The number of aryl methyl sites for hydroxylation is 1. The van der Waals surface area contributed by atoms with Crippen molar-refractivity contribution in [1.29, 1.82) is 0 Å². The first kappa shape index (κ1) is 31.5. The highest BCUT2D eigenvalue weighted by atomic mass is 19.1. The molecule has 0 saturated carbocycles. The zero-order valence-corrected chi connectivity index (χ0v) is 25.2. The third-order valence-electron chi connectivity index (χ3n) is 6.96. The second-order valence-corrected chi connectivity index (χ2v) is 11.7. The van der Waals surface area contributed by atoms with Crippen LogP contribution in [0, 0.1) is 11.2 Å². The van der Waals surface area contributed by atoms with Gasteiger partial charge in [0.15, 0.2) is 17.9 Å². The highest BCUT2D eigenvalue weighted by molar-refractivity contribution is 5.75. The Morgan fingerprint density at radius 2 is 1.81 bits per heavy atom. The summed E-state index contributed by atoms with van der Waals surface area (Å²) in [7, 11) is 0. The summed E-state index contributed by atoms with van der Waals surface area (Å²) in [5.74, 6) is -0.666. The van der Waals surface area contributed by atoms with Crippen molar-refractivity contribution in [1.82, 2.24) is 18.7 Å². The minimum atomic E-state index is -0.794. The van der Waals surface area contributed by atoms with E-state index in [0.29, 0.717) is 17.9 Å². The summed E-state index contributed by atoms with van der Waals surface area (Å²) >= 11 is 0. The molecule has 43 heavy (non-hydrogen) atoms. The lowest BCUT2D eigenvalue weighted by Gasteiger charge is -2.18. The van der Waals surface area contributed by atoms with Gasteiger partial charge in [-0.25, -0.2) is 14.2 Å². The summed E-state index contributed by atoms with van der Waals surface area (Å²) in [6.07, 6.45) is 0.941. The zero-order valence-electron chi connectivity index (χ0n) is 25.2. The lowest BCUT2D eigenvalue weighted by Crippen LogP contribution is -2.41. The Kier molecular flexibility index (Phi) is 9.39. The van der Waals surface area contributed by atoms with Gasteiger partial charge in [-0.05, 0) is 70.0 Å². The maximum Gasteiger partial charge on any atom is 0.333 e. The first-order chi connectivity index (χ1) is 20.3. The van der Waals surface area contributed by atoms with Crippen molar-refractivity contribution in [2.24, 2.45) is 5.41 Å². The van der Waals surface area contributed by atoms with Gasteiger partial charge in [0.25, 0.3) is 5.56 Å². The van der Waals surface area contributed by atoms with Crippen LogP contribution in [0.15, 0.2) is 52.1 Å². The van der Waals surface area contributed by atoms with Crippen molar-refractivity contribution in [3.63, 3.8) is 0 Å². The lowest BCUT2D eigenvalue weighted by atomic mass is 9.98. The Labute approximate surface area is 248 Å². The van der Waals surface area contributed by atoms with Crippen LogP contribution in [0.4, 0.5) is 15.8 Å². The number of rotatable bonds is 11. The summed E-state index contributed by atoms with van der Waals surface area (Å²) in [6.45, 7) is 8.40. The van der Waals surface area contributed by atoms with Gasteiger partial charge in [-0.1, -0.05) is 25.5 Å². The van der Waals surface area contributed by atoms with Crippen molar-refractivity contribution < 1.29 is 19.0 Å². The zero-order chi connectivity index (χ0) is 31.5. The smallest absolute Gasteiger partial charge is 0.333 e. The molecule has 0 radical (unpaired) electrons.